The Kier molecular flexibility index (Phi) is 7.21. The number of aromatic nitrogens is 1. The number of carbonyl (C=O) groups excluding carboxylic acids is 1. The standard InChI is InChI=1S/C25H26ClN3O5S2/c1-16-6-7-19(12-20(16)26)36(31,32)29-10-8-17(9-11-29)25-28-21(15-35-25)24(30)27-13-18-14-33-22-4-2-3-5-23(22)34-18/h2-7,12,15,17-18H,8-11,13-14H2,1H3,(H,27,30). The summed E-state index contributed by atoms with van der Waals surface area (Å²) in [5.74, 6) is 1.20. The second kappa shape index (κ2) is 10.4. The highest BCUT2D eigenvalue weighted by molar-refractivity contribution is 7.89. The van der Waals surface area contributed by atoms with Crippen molar-refractivity contribution in [2.24, 2.45) is 0 Å². The molecule has 3 heterocycles. The molecule has 36 heavy (non-hydrogen) atoms. The smallest absolute Gasteiger partial charge is 0.270 e. The molecular weight excluding hydrogens is 522 g/mol. The fraction of sp³-hybridized carbons (Fsp3) is 0.360. The normalized spacial score (nSPS) is 18.7. The number of thiazole rings is 1. The van der Waals surface area contributed by atoms with Crippen LogP contribution in [-0.4, -0.2) is 56.0 Å². The molecule has 1 saturated heterocycles. The van der Waals surface area contributed by atoms with E-state index in [2.05, 4.69) is 10.3 Å². The van der Waals surface area contributed by atoms with Crippen LogP contribution in [0.4, 0.5) is 0 Å². The number of hydrogen-bond donors (Lipinski definition) is 1. The highest BCUT2D eigenvalue weighted by Crippen LogP contribution is 2.33. The summed E-state index contributed by atoms with van der Waals surface area (Å²) in [6.07, 6.45) is 0.997. The van der Waals surface area contributed by atoms with Gasteiger partial charge in [0.1, 0.15) is 18.4 Å². The molecule has 3 aromatic rings. The second-order valence-corrected chi connectivity index (χ2v) is 12.1. The number of ether oxygens (including phenoxy) is 2. The van der Waals surface area contributed by atoms with Crippen molar-refractivity contribution < 1.29 is 22.7 Å². The van der Waals surface area contributed by atoms with Gasteiger partial charge in [0.05, 0.1) is 16.4 Å². The van der Waals surface area contributed by atoms with Crippen molar-refractivity contribution in [2.45, 2.75) is 36.7 Å². The maximum atomic E-state index is 13.0. The fourth-order valence-electron chi connectivity index (χ4n) is 4.27. The Balaban J connectivity index is 1.15. The Bertz CT molecular complexity index is 1370. The topological polar surface area (TPSA) is 97.8 Å². The zero-order valence-electron chi connectivity index (χ0n) is 19.6. The van der Waals surface area contributed by atoms with Crippen molar-refractivity contribution in [3.63, 3.8) is 0 Å². The number of piperidine rings is 1. The van der Waals surface area contributed by atoms with Gasteiger partial charge in [0.15, 0.2) is 11.5 Å². The Morgan fingerprint density at radius 1 is 1.19 bits per heavy atom. The van der Waals surface area contributed by atoms with Gasteiger partial charge in [-0.3, -0.25) is 4.79 Å². The first-order chi connectivity index (χ1) is 17.3. The summed E-state index contributed by atoms with van der Waals surface area (Å²) in [4.78, 5) is 17.4. The molecule has 1 N–H and O–H groups in total. The van der Waals surface area contributed by atoms with Gasteiger partial charge in [-0.15, -0.1) is 11.3 Å². The molecule has 1 atom stereocenters. The molecular formula is C25H26ClN3O5S2. The first kappa shape index (κ1) is 25.0. The third-order valence-corrected chi connectivity index (χ3v) is 9.71. The number of nitrogens with zero attached hydrogens (tertiary/aromatic N) is 2. The monoisotopic (exact) mass is 547 g/mol. The summed E-state index contributed by atoms with van der Waals surface area (Å²) in [5.41, 5.74) is 1.19. The maximum absolute atomic E-state index is 13.0. The molecule has 0 bridgehead atoms. The summed E-state index contributed by atoms with van der Waals surface area (Å²) in [5, 5.41) is 5.90. The van der Waals surface area contributed by atoms with Crippen LogP contribution in [0.15, 0.2) is 52.7 Å². The van der Waals surface area contributed by atoms with Gasteiger partial charge >= 0.3 is 0 Å². The van der Waals surface area contributed by atoms with E-state index in [0.29, 0.717) is 61.3 Å². The van der Waals surface area contributed by atoms with Crippen molar-refractivity contribution in [3.8, 4) is 11.5 Å². The van der Waals surface area contributed by atoms with E-state index >= 15 is 0 Å². The minimum Gasteiger partial charge on any atom is -0.486 e. The Morgan fingerprint density at radius 2 is 1.94 bits per heavy atom. The molecule has 0 saturated carbocycles. The Hall–Kier alpha value is -2.66. The predicted molar refractivity (Wildman–Crippen MR) is 138 cm³/mol. The van der Waals surface area contributed by atoms with Crippen LogP contribution in [0.3, 0.4) is 0 Å². The first-order valence-electron chi connectivity index (χ1n) is 11.7. The Morgan fingerprint density at radius 3 is 2.69 bits per heavy atom. The van der Waals surface area contributed by atoms with E-state index in [4.69, 9.17) is 21.1 Å². The van der Waals surface area contributed by atoms with Crippen LogP contribution in [-0.2, 0) is 10.0 Å². The van der Waals surface area contributed by atoms with Gasteiger partial charge in [-0.1, -0.05) is 29.8 Å². The zero-order chi connectivity index (χ0) is 25.3. The molecule has 1 aromatic heterocycles. The number of fused-ring (bicyclic) bond motifs is 1. The van der Waals surface area contributed by atoms with E-state index in [1.54, 1.807) is 17.5 Å². The molecule has 11 heteroatoms. The lowest BCUT2D eigenvalue weighted by molar-refractivity contribution is 0.0786. The molecule has 0 radical (unpaired) electrons. The summed E-state index contributed by atoms with van der Waals surface area (Å²) >= 11 is 7.57. The maximum Gasteiger partial charge on any atom is 0.270 e. The highest BCUT2D eigenvalue weighted by atomic mass is 35.5. The number of hydrogen-bond acceptors (Lipinski definition) is 7. The molecule has 1 unspecified atom stereocenters. The van der Waals surface area contributed by atoms with Crippen LogP contribution in [0.25, 0.3) is 0 Å². The molecule has 8 nitrogen and oxygen atoms in total. The van der Waals surface area contributed by atoms with E-state index in [1.807, 2.05) is 31.2 Å². The summed E-state index contributed by atoms with van der Waals surface area (Å²) in [6.45, 7) is 3.28. The predicted octanol–water partition coefficient (Wildman–Crippen LogP) is 4.24. The van der Waals surface area contributed by atoms with Gasteiger partial charge in [0.25, 0.3) is 5.91 Å². The number of rotatable bonds is 6. The first-order valence-corrected chi connectivity index (χ1v) is 14.4. The summed E-state index contributed by atoms with van der Waals surface area (Å²) < 4.78 is 39.1. The van der Waals surface area contributed by atoms with Gasteiger partial charge in [-0.2, -0.15) is 4.31 Å². The minimum atomic E-state index is -3.61. The SMILES string of the molecule is Cc1ccc(S(=O)(=O)N2CCC(c3nc(C(=O)NCC4COc5ccccc5O4)cs3)CC2)cc1Cl. The van der Waals surface area contributed by atoms with Crippen molar-refractivity contribution in [2.75, 3.05) is 26.2 Å². The van der Waals surface area contributed by atoms with Crippen LogP contribution < -0.4 is 14.8 Å². The van der Waals surface area contributed by atoms with Crippen molar-refractivity contribution in [1.82, 2.24) is 14.6 Å². The highest BCUT2D eigenvalue weighted by Gasteiger charge is 2.31. The molecule has 2 aliphatic heterocycles. The lowest BCUT2D eigenvalue weighted by Crippen LogP contribution is -2.40. The molecule has 1 fully saturated rings. The molecule has 0 spiro atoms. The van der Waals surface area contributed by atoms with E-state index in [-0.39, 0.29) is 22.8 Å². The lowest BCUT2D eigenvalue weighted by atomic mass is 9.99. The van der Waals surface area contributed by atoms with Crippen LogP contribution in [0, 0.1) is 6.92 Å². The van der Waals surface area contributed by atoms with Crippen LogP contribution in [0.1, 0.15) is 39.8 Å². The summed E-state index contributed by atoms with van der Waals surface area (Å²) in [6, 6.07) is 12.3. The Labute approximate surface area is 219 Å². The fourth-order valence-corrected chi connectivity index (χ4v) is 6.98. The van der Waals surface area contributed by atoms with Crippen LogP contribution >= 0.6 is 22.9 Å². The third kappa shape index (κ3) is 5.22. The van der Waals surface area contributed by atoms with E-state index in [0.717, 1.165) is 10.6 Å². The minimum absolute atomic E-state index is 0.108. The van der Waals surface area contributed by atoms with Crippen LogP contribution in [0.5, 0.6) is 11.5 Å². The number of amides is 1. The molecule has 2 aromatic carbocycles. The van der Waals surface area contributed by atoms with Gasteiger partial charge in [-0.25, -0.2) is 13.4 Å². The second-order valence-electron chi connectivity index (χ2n) is 8.87. The molecule has 5 rings (SSSR count). The molecule has 1 amide bonds. The third-order valence-electron chi connectivity index (χ3n) is 6.40. The van der Waals surface area contributed by atoms with Crippen molar-refractivity contribution in [1.29, 1.82) is 0 Å². The van der Waals surface area contributed by atoms with Gasteiger partial charge in [-0.05, 0) is 49.6 Å². The largest absolute Gasteiger partial charge is 0.486 e. The van der Waals surface area contributed by atoms with E-state index in [9.17, 15) is 13.2 Å². The van der Waals surface area contributed by atoms with E-state index < -0.39 is 10.0 Å². The number of aryl methyl sites for hydroxylation is 1. The van der Waals surface area contributed by atoms with Gasteiger partial charge in [0, 0.05) is 29.4 Å². The van der Waals surface area contributed by atoms with Gasteiger partial charge in [0.2, 0.25) is 10.0 Å². The number of para-hydroxylation sites is 2. The van der Waals surface area contributed by atoms with Gasteiger partial charge < -0.3 is 14.8 Å². The molecule has 0 aliphatic carbocycles. The number of benzene rings is 2. The van der Waals surface area contributed by atoms with Crippen molar-refractivity contribution in [3.05, 3.63) is 69.1 Å². The average molecular weight is 548 g/mol. The lowest BCUT2D eigenvalue weighted by Gasteiger charge is -2.30. The average Bonchev–Trinajstić information content (AvgIpc) is 3.39. The molecule has 2 aliphatic rings. The zero-order valence-corrected chi connectivity index (χ0v) is 22.0. The van der Waals surface area contributed by atoms with Crippen LogP contribution in [0.2, 0.25) is 5.02 Å². The van der Waals surface area contributed by atoms with Crippen molar-refractivity contribution >= 4 is 38.9 Å². The number of sulfonamides is 1. The number of nitrogens with one attached hydrogen (secondary N) is 1. The molecule has 190 valence electrons. The summed E-state index contributed by atoms with van der Waals surface area (Å²) in [7, 11) is -3.61. The number of halogens is 1. The number of carbonyl (C=O) groups is 1. The van der Waals surface area contributed by atoms with E-state index in [1.165, 1.54) is 21.7 Å². The quantitative estimate of drug-likeness (QED) is 0.495.